The molecule has 2 aromatic rings. The number of ether oxygens (including phenoxy) is 1. The third kappa shape index (κ3) is 1.94. The van der Waals surface area contributed by atoms with Gasteiger partial charge in [0.2, 0.25) is 0 Å². The van der Waals surface area contributed by atoms with Crippen LogP contribution < -0.4 is 5.73 Å². The number of hydrogen-bond donors (Lipinski definition) is 6. The number of nitrogens with one attached hydrogen (secondary N) is 1. The van der Waals surface area contributed by atoms with E-state index in [9.17, 15) is 15.3 Å². The zero-order valence-corrected chi connectivity index (χ0v) is 11.4. The smallest absolute Gasteiger partial charge is 0.286 e. The number of rotatable bonds is 2. The quantitative estimate of drug-likeness (QED) is 0.337. The summed E-state index contributed by atoms with van der Waals surface area (Å²) in [6.45, 7) is -0.577. The summed E-state index contributed by atoms with van der Waals surface area (Å²) in [5.41, 5.74) is 5.97. The van der Waals surface area contributed by atoms with E-state index in [1.54, 1.807) is 0 Å². The van der Waals surface area contributed by atoms with Gasteiger partial charge in [0.05, 0.1) is 6.61 Å². The number of aromatic amines is 1. The van der Waals surface area contributed by atoms with Gasteiger partial charge in [0.1, 0.15) is 29.7 Å². The number of aliphatic hydroxyl groups is 4. The SMILES string of the molecule is Nc1nc(=S)c2ncn([C@@]3(O)O[C@H](CO)[C@@H](O)[C@H]3O)c2[nH]1. The lowest BCUT2D eigenvalue weighted by atomic mass is 10.1. The summed E-state index contributed by atoms with van der Waals surface area (Å²) >= 11 is 5.00. The van der Waals surface area contributed by atoms with Crippen molar-refractivity contribution in [1.29, 1.82) is 0 Å². The molecule has 1 saturated heterocycles. The third-order valence-corrected chi connectivity index (χ3v) is 3.66. The van der Waals surface area contributed by atoms with Crippen LogP contribution in [0.25, 0.3) is 11.2 Å². The fourth-order valence-corrected chi connectivity index (χ4v) is 2.56. The molecule has 114 valence electrons. The minimum absolute atomic E-state index is 0.00964. The molecule has 0 spiro atoms. The predicted molar refractivity (Wildman–Crippen MR) is 71.3 cm³/mol. The Balaban J connectivity index is 2.19. The number of nitrogen functional groups attached to an aromatic ring is 1. The van der Waals surface area contributed by atoms with E-state index in [4.69, 9.17) is 27.8 Å². The van der Waals surface area contributed by atoms with Crippen LogP contribution in [0.5, 0.6) is 0 Å². The summed E-state index contributed by atoms with van der Waals surface area (Å²) < 4.78 is 6.32. The second-order valence-corrected chi connectivity index (χ2v) is 5.06. The Kier molecular flexibility index (Phi) is 3.20. The topological polar surface area (TPSA) is 163 Å². The van der Waals surface area contributed by atoms with Crippen molar-refractivity contribution in [1.82, 2.24) is 19.5 Å². The molecule has 0 unspecified atom stereocenters. The van der Waals surface area contributed by atoms with Gasteiger partial charge in [-0.3, -0.25) is 4.57 Å². The minimum atomic E-state index is -2.33. The molecule has 11 heteroatoms. The molecule has 10 nitrogen and oxygen atoms in total. The van der Waals surface area contributed by atoms with E-state index in [1.807, 2.05) is 0 Å². The molecule has 7 N–H and O–H groups in total. The first kappa shape index (κ1) is 14.3. The van der Waals surface area contributed by atoms with Crippen LogP contribution in [-0.2, 0) is 10.6 Å². The molecule has 0 saturated carbocycles. The van der Waals surface area contributed by atoms with Crippen molar-refractivity contribution < 1.29 is 25.2 Å². The zero-order chi connectivity index (χ0) is 15.4. The van der Waals surface area contributed by atoms with Crippen LogP contribution in [0.4, 0.5) is 5.95 Å². The van der Waals surface area contributed by atoms with Crippen LogP contribution in [-0.4, -0.2) is 64.9 Å². The minimum Gasteiger partial charge on any atom is -0.394 e. The molecule has 3 heterocycles. The third-order valence-electron chi connectivity index (χ3n) is 3.38. The van der Waals surface area contributed by atoms with Crippen molar-refractivity contribution >= 4 is 29.3 Å². The highest BCUT2D eigenvalue weighted by atomic mass is 32.1. The Morgan fingerprint density at radius 3 is 2.86 bits per heavy atom. The summed E-state index contributed by atoms with van der Waals surface area (Å²) in [4.78, 5) is 10.4. The number of aromatic nitrogens is 4. The first-order valence-corrected chi connectivity index (χ1v) is 6.40. The zero-order valence-electron chi connectivity index (χ0n) is 10.5. The van der Waals surface area contributed by atoms with Crippen molar-refractivity contribution in [3.05, 3.63) is 11.0 Å². The van der Waals surface area contributed by atoms with Gasteiger partial charge in [-0.1, -0.05) is 12.2 Å². The molecular weight excluding hydrogens is 302 g/mol. The van der Waals surface area contributed by atoms with Crippen LogP contribution >= 0.6 is 12.2 Å². The second kappa shape index (κ2) is 4.69. The van der Waals surface area contributed by atoms with Gasteiger partial charge in [0.25, 0.3) is 5.91 Å². The number of nitrogens with two attached hydrogens (primary N) is 1. The fourth-order valence-electron chi connectivity index (χ4n) is 2.31. The van der Waals surface area contributed by atoms with Gasteiger partial charge in [-0.2, -0.15) is 0 Å². The number of nitrogens with zero attached hydrogens (tertiary/aromatic N) is 3. The molecule has 0 bridgehead atoms. The van der Waals surface area contributed by atoms with Gasteiger partial charge in [-0.25, -0.2) is 9.97 Å². The van der Waals surface area contributed by atoms with E-state index in [0.29, 0.717) is 0 Å². The van der Waals surface area contributed by atoms with E-state index in [1.165, 1.54) is 0 Å². The Hall–Kier alpha value is -1.63. The molecule has 4 atom stereocenters. The average Bonchev–Trinajstić information content (AvgIpc) is 2.95. The Labute approximate surface area is 122 Å². The molecular formula is C10H13N5O5S. The van der Waals surface area contributed by atoms with Crippen LogP contribution in [0.3, 0.4) is 0 Å². The number of anilines is 1. The molecule has 2 aromatic heterocycles. The van der Waals surface area contributed by atoms with E-state index >= 15 is 0 Å². The average molecular weight is 315 g/mol. The lowest BCUT2D eigenvalue weighted by molar-refractivity contribution is -0.287. The maximum absolute atomic E-state index is 10.5. The van der Waals surface area contributed by atoms with Crippen molar-refractivity contribution in [3.63, 3.8) is 0 Å². The fraction of sp³-hybridized carbons (Fsp3) is 0.500. The number of aliphatic hydroxyl groups excluding tert-OH is 3. The highest BCUT2D eigenvalue weighted by molar-refractivity contribution is 7.71. The first-order valence-electron chi connectivity index (χ1n) is 5.99. The Morgan fingerprint density at radius 1 is 1.52 bits per heavy atom. The van der Waals surface area contributed by atoms with Crippen molar-refractivity contribution in [3.8, 4) is 0 Å². The van der Waals surface area contributed by atoms with E-state index in [0.717, 1.165) is 10.9 Å². The normalized spacial score (nSPS) is 32.9. The van der Waals surface area contributed by atoms with Crippen LogP contribution in [0, 0.1) is 4.64 Å². The van der Waals surface area contributed by atoms with Crippen molar-refractivity contribution in [2.24, 2.45) is 0 Å². The summed E-state index contributed by atoms with van der Waals surface area (Å²) in [5, 5.41) is 39.4. The summed E-state index contributed by atoms with van der Waals surface area (Å²) in [6, 6.07) is 0. The lowest BCUT2D eigenvalue weighted by Gasteiger charge is -2.27. The monoisotopic (exact) mass is 315 g/mol. The highest BCUT2D eigenvalue weighted by Gasteiger charge is 2.55. The van der Waals surface area contributed by atoms with E-state index in [2.05, 4.69) is 15.0 Å². The summed E-state index contributed by atoms with van der Waals surface area (Å²) in [7, 11) is 0. The van der Waals surface area contributed by atoms with E-state index in [-0.39, 0.29) is 21.8 Å². The van der Waals surface area contributed by atoms with E-state index < -0.39 is 30.8 Å². The second-order valence-electron chi connectivity index (χ2n) is 4.67. The molecule has 1 aliphatic rings. The molecule has 1 fully saturated rings. The standard InChI is InChI=1S/C10H13N5O5S/c11-9-13-7-4(8(21)14-9)12-2-15(7)10(19)6(18)5(17)3(1-16)20-10/h2-3,5-6,16-19H,1H2,(H3,11,13,14,21)/t3-,5-,6-,10+/m1/s1. The van der Waals surface area contributed by atoms with Gasteiger partial charge in [0.15, 0.2) is 16.7 Å². The molecule has 1 aliphatic heterocycles. The van der Waals surface area contributed by atoms with Gasteiger partial charge < -0.3 is 35.9 Å². The van der Waals surface area contributed by atoms with Gasteiger partial charge in [-0.05, 0) is 0 Å². The van der Waals surface area contributed by atoms with Gasteiger partial charge in [-0.15, -0.1) is 0 Å². The maximum atomic E-state index is 10.5. The Morgan fingerprint density at radius 2 is 2.24 bits per heavy atom. The Bertz CT molecular complexity index is 747. The van der Waals surface area contributed by atoms with Crippen LogP contribution in [0.15, 0.2) is 6.33 Å². The number of hydrogen-bond acceptors (Lipinski definition) is 9. The largest absolute Gasteiger partial charge is 0.394 e. The molecule has 0 aromatic carbocycles. The molecule has 0 radical (unpaired) electrons. The van der Waals surface area contributed by atoms with Gasteiger partial charge in [0, 0.05) is 0 Å². The molecule has 0 aliphatic carbocycles. The maximum Gasteiger partial charge on any atom is 0.286 e. The molecule has 0 amide bonds. The lowest BCUT2D eigenvalue weighted by Crippen LogP contribution is -2.45. The first-order chi connectivity index (χ1) is 9.88. The number of H-pyrrole nitrogens is 1. The predicted octanol–water partition coefficient (Wildman–Crippen LogP) is -2.21. The summed E-state index contributed by atoms with van der Waals surface area (Å²) in [6.07, 6.45) is -3.17. The van der Waals surface area contributed by atoms with Crippen LogP contribution in [0.2, 0.25) is 0 Å². The van der Waals surface area contributed by atoms with Crippen LogP contribution in [0.1, 0.15) is 0 Å². The molecule has 3 rings (SSSR count). The summed E-state index contributed by atoms with van der Waals surface area (Å²) in [5.74, 6) is -2.34. The van der Waals surface area contributed by atoms with Gasteiger partial charge >= 0.3 is 0 Å². The number of imidazole rings is 1. The highest BCUT2D eigenvalue weighted by Crippen LogP contribution is 2.35. The van der Waals surface area contributed by atoms with Crippen molar-refractivity contribution in [2.75, 3.05) is 12.3 Å². The van der Waals surface area contributed by atoms with Crippen molar-refractivity contribution in [2.45, 2.75) is 24.2 Å². The molecule has 21 heavy (non-hydrogen) atoms. The number of fused-ring (bicyclic) bond motifs is 1.